The Morgan fingerprint density at radius 3 is 1.87 bits per heavy atom. The Balaban J connectivity index is 2.40. The van der Waals surface area contributed by atoms with Gasteiger partial charge in [0.15, 0.2) is 18.4 Å². The molecule has 0 bridgehead atoms. The lowest BCUT2D eigenvalue weighted by atomic mass is 9.95. The zero-order valence-electron chi connectivity index (χ0n) is 12.0. The molecule has 118 valence electrons. The van der Waals surface area contributed by atoms with Crippen LogP contribution < -0.4 is 0 Å². The highest BCUT2D eigenvalue weighted by Crippen LogP contribution is 2.40. The number of carbonyl (C=O) groups is 3. The van der Waals surface area contributed by atoms with Crippen LogP contribution in [-0.4, -0.2) is 33.7 Å². The molecule has 0 radical (unpaired) electrons. The van der Waals surface area contributed by atoms with Crippen LogP contribution in [0.15, 0.2) is 30.3 Å². The van der Waals surface area contributed by atoms with E-state index in [1.807, 2.05) is 30.3 Å². The van der Waals surface area contributed by atoms with Crippen molar-refractivity contribution >= 4 is 18.4 Å². The number of benzene rings is 2. The maximum atomic E-state index is 12.3. The monoisotopic (exact) mass is 314 g/mol. The van der Waals surface area contributed by atoms with Gasteiger partial charge in [0.2, 0.25) is 0 Å². The Morgan fingerprint density at radius 1 is 0.870 bits per heavy atom. The summed E-state index contributed by atoms with van der Waals surface area (Å²) in [6.07, 6.45) is 0.537. The van der Waals surface area contributed by atoms with E-state index in [1.165, 1.54) is 0 Å². The molecule has 0 fully saturated rings. The van der Waals surface area contributed by atoms with Crippen molar-refractivity contribution in [3.05, 3.63) is 52.6 Å². The first-order valence-electron chi connectivity index (χ1n) is 6.79. The molecule has 0 aliphatic rings. The van der Waals surface area contributed by atoms with Crippen LogP contribution in [0.4, 0.5) is 0 Å². The van der Waals surface area contributed by atoms with Gasteiger partial charge in [-0.1, -0.05) is 30.3 Å². The summed E-state index contributed by atoms with van der Waals surface area (Å²) in [6.45, 7) is 0. The number of hydrogen-bond acceptors (Lipinski definition) is 6. The zero-order chi connectivity index (χ0) is 17.0. The quantitative estimate of drug-likeness (QED) is 0.557. The molecule has 0 atom stereocenters. The molecule has 3 N–H and O–H groups in total. The number of phenols is 3. The van der Waals surface area contributed by atoms with Gasteiger partial charge in [-0.15, -0.1) is 0 Å². The molecule has 0 spiro atoms. The lowest BCUT2D eigenvalue weighted by molar-refractivity contribution is 0.0977. The number of rotatable bonds is 6. The second kappa shape index (κ2) is 6.74. The lowest BCUT2D eigenvalue weighted by Crippen LogP contribution is -2.06. The summed E-state index contributed by atoms with van der Waals surface area (Å²) in [5, 5.41) is 29.6. The van der Waals surface area contributed by atoms with Crippen molar-refractivity contribution < 1.29 is 29.7 Å². The van der Waals surface area contributed by atoms with Gasteiger partial charge in [-0.25, -0.2) is 0 Å². The van der Waals surface area contributed by atoms with Crippen molar-refractivity contribution in [1.29, 1.82) is 0 Å². The minimum Gasteiger partial charge on any atom is -0.506 e. The van der Waals surface area contributed by atoms with E-state index in [2.05, 4.69) is 0 Å². The minimum absolute atomic E-state index is 0.0491. The van der Waals surface area contributed by atoms with Gasteiger partial charge in [-0.3, -0.25) is 14.4 Å². The van der Waals surface area contributed by atoms with Gasteiger partial charge in [0.25, 0.3) is 0 Å². The number of aryl methyl sites for hydroxylation is 1. The highest BCUT2D eigenvalue weighted by atomic mass is 16.3. The second-order valence-corrected chi connectivity index (χ2v) is 4.89. The first-order valence-corrected chi connectivity index (χ1v) is 6.79. The summed E-state index contributed by atoms with van der Waals surface area (Å²) in [7, 11) is 0. The fraction of sp³-hybridized carbons (Fsp3) is 0.118. The van der Waals surface area contributed by atoms with Gasteiger partial charge >= 0.3 is 0 Å². The molecule has 0 aromatic heterocycles. The van der Waals surface area contributed by atoms with Crippen LogP contribution >= 0.6 is 0 Å². The molecule has 0 heterocycles. The molecule has 0 saturated carbocycles. The highest BCUT2D eigenvalue weighted by Gasteiger charge is 2.26. The molecule has 2 aromatic carbocycles. The Labute approximate surface area is 131 Å². The van der Waals surface area contributed by atoms with Crippen molar-refractivity contribution in [1.82, 2.24) is 0 Å². The van der Waals surface area contributed by atoms with Gasteiger partial charge in [0.1, 0.15) is 22.8 Å². The number of phenolic OH excluding ortho intramolecular Hbond substituents is 3. The van der Waals surface area contributed by atoms with E-state index in [9.17, 15) is 29.7 Å². The maximum absolute atomic E-state index is 12.3. The van der Waals surface area contributed by atoms with Crippen LogP contribution in [-0.2, 0) is 6.42 Å². The first-order chi connectivity index (χ1) is 11.0. The van der Waals surface area contributed by atoms with E-state index in [-0.39, 0.29) is 19.0 Å². The van der Waals surface area contributed by atoms with Gasteiger partial charge in [-0.05, 0) is 12.0 Å². The van der Waals surface area contributed by atoms with Crippen LogP contribution in [0.1, 0.15) is 43.1 Å². The molecule has 0 amide bonds. The van der Waals surface area contributed by atoms with Gasteiger partial charge < -0.3 is 15.3 Å². The molecule has 23 heavy (non-hydrogen) atoms. The molecule has 0 saturated heterocycles. The molecule has 2 rings (SSSR count). The molecule has 0 aliphatic carbocycles. The summed E-state index contributed by atoms with van der Waals surface area (Å²) in [5.41, 5.74) is -0.867. The van der Waals surface area contributed by atoms with E-state index < -0.39 is 39.7 Å². The van der Waals surface area contributed by atoms with Gasteiger partial charge in [-0.2, -0.15) is 0 Å². The van der Waals surface area contributed by atoms with Crippen molar-refractivity contribution in [2.75, 3.05) is 0 Å². The second-order valence-electron chi connectivity index (χ2n) is 4.89. The number of hydrogen-bond donors (Lipinski definition) is 3. The third kappa shape index (κ3) is 3.06. The number of ketones is 1. The van der Waals surface area contributed by atoms with Crippen molar-refractivity contribution in [2.24, 2.45) is 0 Å². The smallest absolute Gasteiger partial charge is 0.170 e. The number of carbonyl (C=O) groups excluding carboxylic acids is 3. The standard InChI is InChI=1S/C17H14O6/c18-8-11-15(21)12(9-19)17(23)14(16(11)22)13(20)7-6-10-4-2-1-3-5-10/h1-5,8-9,21-23H,6-7H2. The Kier molecular flexibility index (Phi) is 4.75. The number of Topliss-reactive ketones (excluding diaryl/α,β-unsaturated/α-hetero) is 1. The van der Waals surface area contributed by atoms with Crippen LogP contribution in [0, 0.1) is 0 Å². The fourth-order valence-electron chi connectivity index (χ4n) is 2.27. The van der Waals surface area contributed by atoms with Crippen molar-refractivity contribution in [2.45, 2.75) is 12.8 Å². The topological polar surface area (TPSA) is 112 Å². The van der Waals surface area contributed by atoms with Crippen LogP contribution in [0.25, 0.3) is 0 Å². The number of aromatic hydroxyl groups is 3. The summed E-state index contributed by atoms with van der Waals surface area (Å²) < 4.78 is 0. The molecule has 2 aromatic rings. The van der Waals surface area contributed by atoms with Gasteiger partial charge in [0.05, 0.1) is 11.1 Å². The van der Waals surface area contributed by atoms with Crippen LogP contribution in [0.5, 0.6) is 17.2 Å². The predicted molar refractivity (Wildman–Crippen MR) is 81.3 cm³/mol. The predicted octanol–water partition coefficient (Wildman–Crippen LogP) is 2.24. The van der Waals surface area contributed by atoms with E-state index in [1.54, 1.807) is 0 Å². The average molecular weight is 314 g/mol. The largest absolute Gasteiger partial charge is 0.506 e. The van der Waals surface area contributed by atoms with Crippen LogP contribution in [0.3, 0.4) is 0 Å². The SMILES string of the molecule is O=Cc1c(O)c(C=O)c(O)c(C(=O)CCc2ccccc2)c1O. The van der Waals surface area contributed by atoms with E-state index in [0.29, 0.717) is 6.42 Å². The molecule has 0 unspecified atom stereocenters. The summed E-state index contributed by atoms with van der Waals surface area (Å²) >= 11 is 0. The molecule has 6 nitrogen and oxygen atoms in total. The van der Waals surface area contributed by atoms with Crippen molar-refractivity contribution in [3.8, 4) is 17.2 Å². The third-order valence-electron chi connectivity index (χ3n) is 3.49. The normalized spacial score (nSPS) is 10.3. The first kappa shape index (κ1) is 16.2. The van der Waals surface area contributed by atoms with Gasteiger partial charge in [0, 0.05) is 6.42 Å². The number of aldehydes is 2. The Hall–Kier alpha value is -3.15. The summed E-state index contributed by atoms with van der Waals surface area (Å²) in [6, 6.07) is 9.08. The Morgan fingerprint density at radius 2 is 1.39 bits per heavy atom. The maximum Gasteiger partial charge on any atom is 0.170 e. The molecular weight excluding hydrogens is 300 g/mol. The van der Waals surface area contributed by atoms with E-state index in [0.717, 1.165) is 5.56 Å². The summed E-state index contributed by atoms with van der Waals surface area (Å²) in [5.74, 6) is -3.17. The zero-order valence-corrected chi connectivity index (χ0v) is 12.0. The Bertz CT molecular complexity index is 729. The third-order valence-corrected chi connectivity index (χ3v) is 3.49. The highest BCUT2D eigenvalue weighted by molar-refractivity contribution is 6.08. The lowest BCUT2D eigenvalue weighted by Gasteiger charge is -2.12. The summed E-state index contributed by atoms with van der Waals surface area (Å²) in [4.78, 5) is 34.2. The molecular formula is C17H14O6. The molecule has 0 aliphatic heterocycles. The van der Waals surface area contributed by atoms with E-state index >= 15 is 0 Å². The van der Waals surface area contributed by atoms with E-state index in [4.69, 9.17) is 0 Å². The van der Waals surface area contributed by atoms with Crippen molar-refractivity contribution in [3.63, 3.8) is 0 Å². The average Bonchev–Trinajstić information content (AvgIpc) is 2.54. The fourth-order valence-corrected chi connectivity index (χ4v) is 2.27. The minimum atomic E-state index is -0.857. The molecule has 6 heteroatoms. The van der Waals surface area contributed by atoms with Crippen LogP contribution in [0.2, 0.25) is 0 Å².